The maximum Gasteiger partial charge on any atom is 0.244 e. The quantitative estimate of drug-likeness (QED) is 0.571. The predicted molar refractivity (Wildman–Crippen MR) is 117 cm³/mol. The van der Waals surface area contributed by atoms with E-state index >= 15 is 0 Å². The van der Waals surface area contributed by atoms with E-state index in [1.54, 1.807) is 6.07 Å². The predicted octanol–water partition coefficient (Wildman–Crippen LogP) is 2.47. The lowest BCUT2D eigenvalue weighted by molar-refractivity contribution is -0.117. The van der Waals surface area contributed by atoms with E-state index < -0.39 is 22.0 Å². The number of rotatable bonds is 9. The number of aromatic nitrogens is 2. The highest BCUT2D eigenvalue weighted by atomic mass is 32.2. The Morgan fingerprint density at radius 1 is 1.23 bits per heavy atom. The molecule has 1 aliphatic heterocycles. The summed E-state index contributed by atoms with van der Waals surface area (Å²) >= 11 is 2.80. The van der Waals surface area contributed by atoms with E-state index in [9.17, 15) is 13.2 Å². The molecule has 0 saturated carbocycles. The Bertz CT molecular complexity index is 993. The molecule has 2 N–H and O–H groups in total. The van der Waals surface area contributed by atoms with Crippen LogP contribution in [0.3, 0.4) is 0 Å². The van der Waals surface area contributed by atoms with E-state index in [0.717, 1.165) is 5.01 Å². The third-order valence-electron chi connectivity index (χ3n) is 4.21. The van der Waals surface area contributed by atoms with Gasteiger partial charge in [-0.2, -0.15) is 16.5 Å². The number of carbonyl (C=O) groups excluding carboxylic acids is 1. The van der Waals surface area contributed by atoms with Crippen LogP contribution in [-0.4, -0.2) is 55.8 Å². The average Bonchev–Trinajstić information content (AvgIpc) is 3.19. The van der Waals surface area contributed by atoms with Gasteiger partial charge in [-0.15, -0.1) is 10.2 Å². The minimum atomic E-state index is -3.96. The minimum absolute atomic E-state index is 0.00621. The standard InChI is InChI=1S/C18H24N4O5S3/c1-11(2)17-20-21-18(29-17)19-16(23)13(6-9-28-3)22-30(24,25)12-4-5-14-15(10-12)27-8-7-26-14/h4-5,10-11,13,22H,6-9H2,1-3H3,(H,19,21,23). The average molecular weight is 473 g/mol. The van der Waals surface area contributed by atoms with Crippen LogP contribution in [0.4, 0.5) is 5.13 Å². The molecule has 2 heterocycles. The van der Waals surface area contributed by atoms with Crippen molar-refractivity contribution in [3.05, 3.63) is 23.2 Å². The van der Waals surface area contributed by atoms with Crippen molar-refractivity contribution in [3.8, 4) is 11.5 Å². The van der Waals surface area contributed by atoms with Crippen molar-refractivity contribution in [1.82, 2.24) is 14.9 Å². The van der Waals surface area contributed by atoms with Gasteiger partial charge >= 0.3 is 0 Å². The summed E-state index contributed by atoms with van der Waals surface area (Å²) in [4.78, 5) is 12.8. The second kappa shape index (κ2) is 9.94. The summed E-state index contributed by atoms with van der Waals surface area (Å²) in [5.41, 5.74) is 0. The Morgan fingerprint density at radius 2 is 1.97 bits per heavy atom. The van der Waals surface area contributed by atoms with Crippen LogP contribution in [0, 0.1) is 0 Å². The molecule has 1 aliphatic rings. The topological polar surface area (TPSA) is 120 Å². The van der Waals surface area contributed by atoms with Crippen LogP contribution in [0.1, 0.15) is 31.2 Å². The van der Waals surface area contributed by atoms with Gasteiger partial charge in [0.2, 0.25) is 21.1 Å². The number of anilines is 1. The number of carbonyl (C=O) groups is 1. The summed E-state index contributed by atoms with van der Waals surface area (Å²) in [7, 11) is -3.96. The zero-order valence-electron chi connectivity index (χ0n) is 16.9. The Labute approximate surface area is 184 Å². The molecule has 0 fully saturated rings. The number of hydrogen-bond acceptors (Lipinski definition) is 9. The molecule has 0 spiro atoms. The molecule has 1 aromatic heterocycles. The lowest BCUT2D eigenvalue weighted by Crippen LogP contribution is -2.44. The highest BCUT2D eigenvalue weighted by Crippen LogP contribution is 2.32. The first kappa shape index (κ1) is 22.8. The number of hydrogen-bond donors (Lipinski definition) is 2. The number of thioether (sulfide) groups is 1. The minimum Gasteiger partial charge on any atom is -0.486 e. The number of nitrogens with zero attached hydrogens (tertiary/aromatic N) is 2. The number of benzene rings is 1. The zero-order chi connectivity index (χ0) is 21.7. The van der Waals surface area contributed by atoms with Gasteiger partial charge in [0.1, 0.15) is 24.3 Å². The third kappa shape index (κ3) is 5.62. The molecule has 164 valence electrons. The van der Waals surface area contributed by atoms with Gasteiger partial charge in [-0.3, -0.25) is 10.1 Å². The first-order chi connectivity index (χ1) is 14.3. The van der Waals surface area contributed by atoms with E-state index in [0.29, 0.717) is 42.0 Å². The molecule has 12 heteroatoms. The molecule has 3 rings (SSSR count). The molecule has 0 saturated heterocycles. The maximum atomic E-state index is 12.9. The second-order valence-electron chi connectivity index (χ2n) is 6.85. The van der Waals surface area contributed by atoms with Crippen molar-refractivity contribution in [2.75, 3.05) is 30.5 Å². The second-order valence-corrected chi connectivity index (χ2v) is 10.6. The van der Waals surface area contributed by atoms with Gasteiger partial charge < -0.3 is 9.47 Å². The van der Waals surface area contributed by atoms with Gasteiger partial charge in [0.25, 0.3) is 0 Å². The van der Waals surface area contributed by atoms with Gasteiger partial charge in [-0.05, 0) is 30.6 Å². The molecular formula is C18H24N4O5S3. The molecule has 0 aliphatic carbocycles. The molecule has 1 aromatic carbocycles. The molecule has 1 amide bonds. The SMILES string of the molecule is CSCCC(NS(=O)(=O)c1ccc2c(c1)OCCO2)C(=O)Nc1nnc(C(C)C)s1. The summed E-state index contributed by atoms with van der Waals surface area (Å²) in [5, 5.41) is 11.8. The Balaban J connectivity index is 1.76. The Kier molecular flexibility index (Phi) is 7.55. The summed E-state index contributed by atoms with van der Waals surface area (Å²) in [6.07, 6.45) is 2.22. The number of amides is 1. The van der Waals surface area contributed by atoms with Crippen LogP contribution in [-0.2, 0) is 14.8 Å². The van der Waals surface area contributed by atoms with Crippen LogP contribution >= 0.6 is 23.1 Å². The number of ether oxygens (including phenoxy) is 2. The fraction of sp³-hybridized carbons (Fsp3) is 0.500. The summed E-state index contributed by atoms with van der Waals surface area (Å²) in [6.45, 7) is 4.73. The van der Waals surface area contributed by atoms with Crippen molar-refractivity contribution in [2.24, 2.45) is 0 Å². The van der Waals surface area contributed by atoms with Crippen LogP contribution < -0.4 is 19.5 Å². The molecular weight excluding hydrogens is 448 g/mol. The third-order valence-corrected chi connectivity index (χ3v) is 7.47. The van der Waals surface area contributed by atoms with E-state index in [1.165, 1.54) is 35.2 Å². The number of fused-ring (bicyclic) bond motifs is 1. The van der Waals surface area contributed by atoms with Gasteiger partial charge in [0.05, 0.1) is 4.90 Å². The molecule has 2 aromatic rings. The largest absolute Gasteiger partial charge is 0.486 e. The highest BCUT2D eigenvalue weighted by Gasteiger charge is 2.27. The van der Waals surface area contributed by atoms with Crippen LogP contribution in [0.2, 0.25) is 0 Å². The van der Waals surface area contributed by atoms with E-state index in [2.05, 4.69) is 20.2 Å². The fourth-order valence-electron chi connectivity index (χ4n) is 2.64. The van der Waals surface area contributed by atoms with Gasteiger partial charge in [-0.25, -0.2) is 8.42 Å². The lowest BCUT2D eigenvalue weighted by Gasteiger charge is -2.20. The van der Waals surface area contributed by atoms with Crippen LogP contribution in [0.5, 0.6) is 11.5 Å². The van der Waals surface area contributed by atoms with Crippen molar-refractivity contribution >= 4 is 44.2 Å². The molecule has 30 heavy (non-hydrogen) atoms. The zero-order valence-corrected chi connectivity index (χ0v) is 19.3. The monoisotopic (exact) mass is 472 g/mol. The smallest absolute Gasteiger partial charge is 0.244 e. The number of nitrogens with one attached hydrogen (secondary N) is 2. The molecule has 9 nitrogen and oxygen atoms in total. The molecule has 0 bridgehead atoms. The van der Waals surface area contributed by atoms with E-state index in [1.807, 2.05) is 20.1 Å². The summed E-state index contributed by atoms with van der Waals surface area (Å²) in [6, 6.07) is 3.43. The molecule has 1 unspecified atom stereocenters. The first-order valence-electron chi connectivity index (χ1n) is 9.35. The van der Waals surface area contributed by atoms with Gasteiger partial charge in [-0.1, -0.05) is 25.2 Å². The van der Waals surface area contributed by atoms with E-state index in [-0.39, 0.29) is 10.8 Å². The number of sulfonamides is 1. The first-order valence-corrected chi connectivity index (χ1v) is 13.0. The maximum absolute atomic E-state index is 12.9. The van der Waals surface area contributed by atoms with Gasteiger partial charge in [0, 0.05) is 12.0 Å². The van der Waals surface area contributed by atoms with Crippen molar-refractivity contribution in [2.45, 2.75) is 37.1 Å². The Morgan fingerprint density at radius 3 is 2.63 bits per heavy atom. The van der Waals surface area contributed by atoms with Crippen molar-refractivity contribution in [1.29, 1.82) is 0 Å². The summed E-state index contributed by atoms with van der Waals surface area (Å²) < 4.78 is 39.2. The molecule has 0 radical (unpaired) electrons. The van der Waals surface area contributed by atoms with Crippen LogP contribution in [0.25, 0.3) is 0 Å². The normalized spacial score (nSPS) is 14.5. The van der Waals surface area contributed by atoms with Crippen LogP contribution in [0.15, 0.2) is 23.1 Å². The van der Waals surface area contributed by atoms with E-state index in [4.69, 9.17) is 9.47 Å². The molecule has 1 atom stereocenters. The van der Waals surface area contributed by atoms with Crippen molar-refractivity contribution in [3.63, 3.8) is 0 Å². The Hall–Kier alpha value is -1.89. The van der Waals surface area contributed by atoms with Crippen molar-refractivity contribution < 1.29 is 22.7 Å². The lowest BCUT2D eigenvalue weighted by atomic mass is 10.2. The van der Waals surface area contributed by atoms with Gasteiger partial charge in [0.15, 0.2) is 11.5 Å². The summed E-state index contributed by atoms with van der Waals surface area (Å²) in [5.74, 6) is 1.18. The fourth-order valence-corrected chi connectivity index (χ4v) is 5.10. The highest BCUT2D eigenvalue weighted by molar-refractivity contribution is 7.98.